The Morgan fingerprint density at radius 2 is 1.56 bits per heavy atom. The first kappa shape index (κ1) is 20.0. The molecule has 0 aliphatic heterocycles. The highest BCUT2D eigenvalue weighted by Gasteiger charge is 2.23. The Kier molecular flexibility index (Phi) is 5.70. The van der Waals surface area contributed by atoms with Gasteiger partial charge in [0, 0.05) is 19.1 Å². The SMILES string of the molecule is Cc1ccc(NS(=O)(=O)c2cc(Cl)ccc2Cl)cc1S(=O)(=O)N(C)C. The number of hydrogen-bond acceptors (Lipinski definition) is 4. The number of sulfonamides is 2. The summed E-state index contributed by atoms with van der Waals surface area (Å²) in [6, 6.07) is 8.32. The second-order valence-electron chi connectivity index (χ2n) is 5.45. The van der Waals surface area contributed by atoms with E-state index >= 15 is 0 Å². The van der Waals surface area contributed by atoms with Crippen LogP contribution >= 0.6 is 23.2 Å². The smallest absolute Gasteiger partial charge is 0.263 e. The Hall–Kier alpha value is -1.32. The van der Waals surface area contributed by atoms with Crippen molar-refractivity contribution in [3.8, 4) is 0 Å². The van der Waals surface area contributed by atoms with E-state index in [2.05, 4.69) is 4.72 Å². The molecule has 2 aromatic rings. The zero-order valence-electron chi connectivity index (χ0n) is 13.6. The normalized spacial score (nSPS) is 12.4. The Balaban J connectivity index is 2.49. The number of nitrogens with zero attached hydrogens (tertiary/aromatic N) is 1. The van der Waals surface area contributed by atoms with Crippen LogP contribution in [0.15, 0.2) is 46.2 Å². The molecule has 0 aliphatic carbocycles. The highest BCUT2D eigenvalue weighted by Crippen LogP contribution is 2.28. The average molecular weight is 423 g/mol. The van der Waals surface area contributed by atoms with Crippen molar-refractivity contribution in [1.29, 1.82) is 0 Å². The summed E-state index contributed by atoms with van der Waals surface area (Å²) in [5.74, 6) is 0. The van der Waals surface area contributed by atoms with Crippen LogP contribution in [0.5, 0.6) is 0 Å². The maximum atomic E-state index is 12.5. The fourth-order valence-electron chi connectivity index (χ4n) is 2.03. The molecule has 0 bridgehead atoms. The van der Waals surface area contributed by atoms with E-state index < -0.39 is 20.0 Å². The molecule has 10 heteroatoms. The Labute approximate surface area is 157 Å². The fourth-order valence-corrected chi connectivity index (χ4v) is 4.99. The van der Waals surface area contributed by atoms with E-state index in [-0.39, 0.29) is 25.5 Å². The van der Waals surface area contributed by atoms with Gasteiger partial charge in [0.05, 0.1) is 15.6 Å². The van der Waals surface area contributed by atoms with Gasteiger partial charge < -0.3 is 0 Å². The zero-order valence-corrected chi connectivity index (χ0v) is 16.8. The van der Waals surface area contributed by atoms with Crippen LogP contribution in [0.25, 0.3) is 0 Å². The number of hydrogen-bond donors (Lipinski definition) is 1. The molecule has 6 nitrogen and oxygen atoms in total. The van der Waals surface area contributed by atoms with Gasteiger partial charge in [-0.2, -0.15) is 0 Å². The van der Waals surface area contributed by atoms with Gasteiger partial charge in [0.25, 0.3) is 10.0 Å². The molecule has 2 rings (SSSR count). The molecule has 0 radical (unpaired) electrons. The van der Waals surface area contributed by atoms with Gasteiger partial charge in [0.15, 0.2) is 0 Å². The van der Waals surface area contributed by atoms with Crippen LogP contribution in [0.1, 0.15) is 5.56 Å². The molecular weight excluding hydrogens is 407 g/mol. The molecule has 25 heavy (non-hydrogen) atoms. The summed E-state index contributed by atoms with van der Waals surface area (Å²) in [5, 5.41) is 0.217. The lowest BCUT2D eigenvalue weighted by atomic mass is 10.2. The zero-order chi connectivity index (χ0) is 19.0. The van der Waals surface area contributed by atoms with Crippen LogP contribution in [-0.4, -0.2) is 35.2 Å². The maximum absolute atomic E-state index is 12.5. The van der Waals surface area contributed by atoms with E-state index in [4.69, 9.17) is 23.2 Å². The lowest BCUT2D eigenvalue weighted by Gasteiger charge is -2.16. The van der Waals surface area contributed by atoms with Gasteiger partial charge in [-0.3, -0.25) is 4.72 Å². The predicted octanol–water partition coefficient (Wildman–Crippen LogP) is 3.35. The van der Waals surface area contributed by atoms with E-state index in [0.29, 0.717) is 5.56 Å². The van der Waals surface area contributed by atoms with Gasteiger partial charge in [-0.1, -0.05) is 29.3 Å². The van der Waals surface area contributed by atoms with Crippen molar-refractivity contribution < 1.29 is 16.8 Å². The van der Waals surface area contributed by atoms with E-state index in [1.54, 1.807) is 6.92 Å². The topological polar surface area (TPSA) is 83.5 Å². The molecule has 0 heterocycles. The molecule has 0 aliphatic rings. The first-order chi connectivity index (χ1) is 11.4. The molecule has 0 saturated carbocycles. The summed E-state index contributed by atoms with van der Waals surface area (Å²) in [4.78, 5) is -0.186. The van der Waals surface area contributed by atoms with Crippen molar-refractivity contribution in [2.24, 2.45) is 0 Å². The highest BCUT2D eigenvalue weighted by atomic mass is 35.5. The van der Waals surface area contributed by atoms with Crippen molar-refractivity contribution in [3.05, 3.63) is 52.0 Å². The third-order valence-electron chi connectivity index (χ3n) is 3.38. The Morgan fingerprint density at radius 3 is 2.16 bits per heavy atom. The van der Waals surface area contributed by atoms with Crippen LogP contribution in [0.2, 0.25) is 10.0 Å². The van der Waals surface area contributed by atoms with Gasteiger partial charge >= 0.3 is 0 Å². The quantitative estimate of drug-likeness (QED) is 0.800. The molecule has 2 aromatic carbocycles. The fraction of sp³-hybridized carbons (Fsp3) is 0.200. The minimum Gasteiger partial charge on any atom is -0.280 e. The number of rotatable bonds is 5. The van der Waals surface area contributed by atoms with Crippen LogP contribution in [0.4, 0.5) is 5.69 Å². The predicted molar refractivity (Wildman–Crippen MR) is 99.3 cm³/mol. The van der Waals surface area contributed by atoms with Crippen LogP contribution in [0.3, 0.4) is 0 Å². The molecule has 0 unspecified atom stereocenters. The summed E-state index contributed by atoms with van der Waals surface area (Å²) >= 11 is 11.8. The second kappa shape index (κ2) is 7.13. The van der Waals surface area contributed by atoms with E-state index in [9.17, 15) is 16.8 Å². The van der Waals surface area contributed by atoms with Crippen molar-refractivity contribution >= 4 is 48.9 Å². The minimum absolute atomic E-state index is 0.00477. The monoisotopic (exact) mass is 422 g/mol. The Morgan fingerprint density at radius 1 is 0.920 bits per heavy atom. The number of nitrogens with one attached hydrogen (secondary N) is 1. The first-order valence-corrected chi connectivity index (χ1v) is 10.6. The lowest BCUT2D eigenvalue weighted by Crippen LogP contribution is -2.23. The molecule has 0 fully saturated rings. The summed E-state index contributed by atoms with van der Waals surface area (Å²) in [6.45, 7) is 1.63. The molecule has 0 amide bonds. The van der Waals surface area contributed by atoms with E-state index in [0.717, 1.165) is 4.31 Å². The molecule has 1 N–H and O–H groups in total. The summed E-state index contributed by atoms with van der Waals surface area (Å²) in [6.07, 6.45) is 0. The highest BCUT2D eigenvalue weighted by molar-refractivity contribution is 7.93. The molecular formula is C15H16Cl2N2O4S2. The number of halogens is 2. The van der Waals surface area contributed by atoms with Crippen LogP contribution < -0.4 is 4.72 Å². The van der Waals surface area contributed by atoms with Crippen molar-refractivity contribution in [2.45, 2.75) is 16.7 Å². The lowest BCUT2D eigenvalue weighted by molar-refractivity contribution is 0.520. The maximum Gasteiger partial charge on any atom is 0.263 e. The molecule has 0 aromatic heterocycles. The average Bonchev–Trinajstić information content (AvgIpc) is 2.51. The largest absolute Gasteiger partial charge is 0.280 e. The van der Waals surface area contributed by atoms with Crippen molar-refractivity contribution in [3.63, 3.8) is 0 Å². The van der Waals surface area contributed by atoms with Crippen LogP contribution in [-0.2, 0) is 20.0 Å². The number of benzene rings is 2. The van der Waals surface area contributed by atoms with Gasteiger partial charge in [-0.15, -0.1) is 0 Å². The van der Waals surface area contributed by atoms with E-state index in [1.165, 1.54) is 50.5 Å². The molecule has 0 saturated heterocycles. The third kappa shape index (κ3) is 4.27. The van der Waals surface area contributed by atoms with Crippen molar-refractivity contribution in [1.82, 2.24) is 4.31 Å². The standard InChI is InChI=1S/C15H16Cl2N2O4S2/c1-10-4-6-12(9-14(10)25(22,23)19(2)3)18-24(20,21)15-8-11(16)5-7-13(15)17/h4-9,18H,1-3H3. The minimum atomic E-state index is -4.04. The number of anilines is 1. The molecule has 0 atom stereocenters. The number of aryl methyl sites for hydroxylation is 1. The summed E-state index contributed by atoms with van der Waals surface area (Å²) in [7, 11) is -4.95. The molecule has 0 spiro atoms. The second-order valence-corrected chi connectivity index (χ2v) is 10.1. The first-order valence-electron chi connectivity index (χ1n) is 6.96. The van der Waals surface area contributed by atoms with Gasteiger partial charge in [0.2, 0.25) is 10.0 Å². The third-order valence-corrected chi connectivity index (χ3v) is 7.44. The summed E-state index contributed by atoms with van der Waals surface area (Å²) < 4.78 is 53.2. The van der Waals surface area contributed by atoms with Crippen molar-refractivity contribution in [2.75, 3.05) is 18.8 Å². The van der Waals surface area contributed by atoms with Gasteiger partial charge in [0.1, 0.15) is 4.90 Å². The van der Waals surface area contributed by atoms with E-state index in [1.807, 2.05) is 0 Å². The van der Waals surface area contributed by atoms with Gasteiger partial charge in [-0.05, 0) is 42.8 Å². The van der Waals surface area contributed by atoms with Crippen LogP contribution in [0, 0.1) is 6.92 Å². The molecule has 136 valence electrons. The summed E-state index contributed by atoms with van der Waals surface area (Å²) in [5.41, 5.74) is 0.597. The van der Waals surface area contributed by atoms with Gasteiger partial charge in [-0.25, -0.2) is 21.1 Å². The Bertz CT molecular complexity index is 1020.